The molecule has 162 valence electrons. The fraction of sp³-hybridized carbons (Fsp3) is 0.208. The smallest absolute Gasteiger partial charge is 0.262 e. The predicted molar refractivity (Wildman–Crippen MR) is 119 cm³/mol. The fourth-order valence-electron chi connectivity index (χ4n) is 3.66. The van der Waals surface area contributed by atoms with E-state index in [9.17, 15) is 10.1 Å². The molecule has 0 fully saturated rings. The summed E-state index contributed by atoms with van der Waals surface area (Å²) in [6, 6.07) is 17.1. The van der Waals surface area contributed by atoms with Crippen molar-refractivity contribution in [1.82, 2.24) is 10.2 Å². The third-order valence-electron chi connectivity index (χ3n) is 5.36. The van der Waals surface area contributed by atoms with Gasteiger partial charge in [-0.1, -0.05) is 31.2 Å². The van der Waals surface area contributed by atoms with E-state index in [0.717, 1.165) is 28.9 Å². The van der Waals surface area contributed by atoms with E-state index in [1.54, 1.807) is 12.1 Å². The number of hydrogen-bond acceptors (Lipinski definition) is 6. The molecule has 1 aromatic heterocycles. The number of carbonyl (C=O) groups is 1. The van der Waals surface area contributed by atoms with Crippen LogP contribution in [-0.2, 0) is 11.2 Å². The van der Waals surface area contributed by atoms with Gasteiger partial charge in [0.15, 0.2) is 6.61 Å². The lowest BCUT2D eigenvalue weighted by Gasteiger charge is -2.23. The normalized spacial score (nSPS) is 14.8. The van der Waals surface area contributed by atoms with Gasteiger partial charge in [-0.15, -0.1) is 5.10 Å². The van der Waals surface area contributed by atoms with Crippen molar-refractivity contribution < 1.29 is 14.3 Å². The average molecular weight is 429 g/mol. The van der Waals surface area contributed by atoms with Gasteiger partial charge >= 0.3 is 0 Å². The Morgan fingerprint density at radius 2 is 1.97 bits per heavy atom. The second-order valence-electron chi connectivity index (χ2n) is 7.45. The molecular formula is C24H23N5O3. The first-order valence-corrected chi connectivity index (χ1v) is 10.2. The number of allylic oxidation sites excluding steroid dienone is 1. The van der Waals surface area contributed by atoms with Crippen LogP contribution < -0.4 is 20.5 Å². The Hall–Kier alpha value is -4.25. The zero-order chi connectivity index (χ0) is 22.7. The summed E-state index contributed by atoms with van der Waals surface area (Å²) in [4.78, 5) is 12.2. The second-order valence-corrected chi connectivity index (χ2v) is 7.45. The number of ether oxygens (including phenoxy) is 2. The van der Waals surface area contributed by atoms with Crippen LogP contribution >= 0.6 is 0 Å². The summed E-state index contributed by atoms with van der Waals surface area (Å²) in [5.41, 5.74) is 10.6. The van der Waals surface area contributed by atoms with E-state index in [1.165, 1.54) is 5.56 Å². The van der Waals surface area contributed by atoms with E-state index in [-0.39, 0.29) is 18.4 Å². The Balaban J connectivity index is 1.44. The maximum Gasteiger partial charge on any atom is 0.262 e. The SMILES string of the molecule is CCc1ccc(NC(=O)COc2ccc(C3C(C#N)=C(N)Oc4n[nH]c(C)c43)cc2)cc1. The first kappa shape index (κ1) is 21.0. The molecule has 2 aromatic carbocycles. The van der Waals surface area contributed by atoms with Gasteiger partial charge in [0.05, 0.1) is 5.92 Å². The summed E-state index contributed by atoms with van der Waals surface area (Å²) in [6.07, 6.45) is 0.945. The number of nitrogens with two attached hydrogens (primary N) is 1. The van der Waals surface area contributed by atoms with Gasteiger partial charge in [0, 0.05) is 16.9 Å². The summed E-state index contributed by atoms with van der Waals surface area (Å²) < 4.78 is 11.1. The van der Waals surface area contributed by atoms with Gasteiger partial charge in [0.1, 0.15) is 17.4 Å². The third-order valence-corrected chi connectivity index (χ3v) is 5.36. The van der Waals surface area contributed by atoms with Gasteiger partial charge in [0.25, 0.3) is 5.91 Å². The Morgan fingerprint density at radius 1 is 1.25 bits per heavy atom. The topological polar surface area (TPSA) is 126 Å². The number of nitrogens with zero attached hydrogens (tertiary/aromatic N) is 2. The van der Waals surface area contributed by atoms with Gasteiger partial charge < -0.3 is 20.5 Å². The third kappa shape index (κ3) is 4.14. The minimum atomic E-state index is -0.397. The van der Waals surface area contributed by atoms with Crippen LogP contribution in [0.15, 0.2) is 60.0 Å². The molecule has 0 radical (unpaired) electrons. The standard InChI is InChI=1S/C24H23N5O3/c1-3-15-4-8-17(9-5-15)27-20(30)13-31-18-10-6-16(7-11-18)22-19(12-25)23(26)32-24-21(22)14(2)28-29-24/h4-11,22H,3,13,26H2,1-2H3,(H,27,30)(H,28,29). The van der Waals surface area contributed by atoms with Crippen LogP contribution in [0.25, 0.3) is 0 Å². The lowest BCUT2D eigenvalue weighted by molar-refractivity contribution is -0.118. The maximum atomic E-state index is 12.2. The van der Waals surface area contributed by atoms with Crippen LogP contribution in [0, 0.1) is 18.3 Å². The number of rotatable bonds is 6. The zero-order valence-electron chi connectivity index (χ0n) is 17.8. The second kappa shape index (κ2) is 8.86. The minimum Gasteiger partial charge on any atom is -0.484 e. The molecule has 0 saturated carbocycles. The molecule has 8 heteroatoms. The monoisotopic (exact) mass is 429 g/mol. The average Bonchev–Trinajstić information content (AvgIpc) is 3.17. The molecule has 8 nitrogen and oxygen atoms in total. The molecule has 1 amide bonds. The summed E-state index contributed by atoms with van der Waals surface area (Å²) in [5, 5.41) is 19.4. The lowest BCUT2D eigenvalue weighted by Crippen LogP contribution is -2.21. The van der Waals surface area contributed by atoms with Crippen LogP contribution in [-0.4, -0.2) is 22.7 Å². The number of amides is 1. The van der Waals surface area contributed by atoms with Crippen molar-refractivity contribution in [2.75, 3.05) is 11.9 Å². The molecule has 1 aliphatic rings. The van der Waals surface area contributed by atoms with E-state index in [2.05, 4.69) is 28.5 Å². The molecule has 2 heterocycles. The van der Waals surface area contributed by atoms with Gasteiger partial charge in [-0.25, -0.2) is 0 Å². The fourth-order valence-corrected chi connectivity index (χ4v) is 3.66. The van der Waals surface area contributed by atoms with Crippen molar-refractivity contribution in [2.45, 2.75) is 26.2 Å². The van der Waals surface area contributed by atoms with E-state index >= 15 is 0 Å². The van der Waals surface area contributed by atoms with Crippen molar-refractivity contribution in [1.29, 1.82) is 5.26 Å². The number of nitriles is 1. The number of aryl methyl sites for hydroxylation is 2. The molecule has 0 aliphatic carbocycles. The number of aromatic amines is 1. The van der Waals surface area contributed by atoms with E-state index in [1.807, 2.05) is 43.3 Å². The minimum absolute atomic E-state index is 0.0421. The molecule has 4 N–H and O–H groups in total. The molecule has 1 aliphatic heterocycles. The van der Waals surface area contributed by atoms with Crippen molar-refractivity contribution >= 4 is 11.6 Å². The molecule has 0 spiro atoms. The Kier molecular flexibility index (Phi) is 5.81. The molecule has 0 bridgehead atoms. The van der Waals surface area contributed by atoms with Crippen molar-refractivity contribution in [3.63, 3.8) is 0 Å². The van der Waals surface area contributed by atoms with Crippen LogP contribution in [0.1, 0.15) is 35.2 Å². The van der Waals surface area contributed by atoms with Crippen LogP contribution in [0.4, 0.5) is 5.69 Å². The highest BCUT2D eigenvalue weighted by Gasteiger charge is 2.34. The Labute approximate surface area is 185 Å². The van der Waals surface area contributed by atoms with E-state index < -0.39 is 5.92 Å². The molecular weight excluding hydrogens is 406 g/mol. The number of carbonyl (C=O) groups excluding carboxylic acids is 1. The number of anilines is 1. The Morgan fingerprint density at radius 3 is 2.62 bits per heavy atom. The molecule has 0 saturated heterocycles. The van der Waals surface area contributed by atoms with Crippen LogP contribution in [0.3, 0.4) is 0 Å². The van der Waals surface area contributed by atoms with Gasteiger partial charge in [0.2, 0.25) is 11.8 Å². The number of nitrogens with one attached hydrogen (secondary N) is 2. The first-order valence-electron chi connectivity index (χ1n) is 10.2. The molecule has 1 unspecified atom stereocenters. The highest BCUT2D eigenvalue weighted by molar-refractivity contribution is 5.91. The molecule has 4 rings (SSSR count). The van der Waals surface area contributed by atoms with Gasteiger partial charge in [-0.2, -0.15) is 5.26 Å². The van der Waals surface area contributed by atoms with Gasteiger partial charge in [-0.3, -0.25) is 9.89 Å². The highest BCUT2D eigenvalue weighted by atomic mass is 16.5. The van der Waals surface area contributed by atoms with E-state index in [4.69, 9.17) is 15.2 Å². The van der Waals surface area contributed by atoms with Crippen molar-refractivity contribution in [3.05, 3.63) is 82.4 Å². The number of fused-ring (bicyclic) bond motifs is 1. The highest BCUT2D eigenvalue weighted by Crippen LogP contribution is 2.42. The zero-order valence-corrected chi connectivity index (χ0v) is 17.8. The predicted octanol–water partition coefficient (Wildman–Crippen LogP) is 3.52. The van der Waals surface area contributed by atoms with Crippen LogP contribution in [0.2, 0.25) is 0 Å². The lowest BCUT2D eigenvalue weighted by atomic mass is 9.84. The van der Waals surface area contributed by atoms with Gasteiger partial charge in [-0.05, 0) is 48.7 Å². The summed E-state index contributed by atoms with van der Waals surface area (Å²) in [6.45, 7) is 3.83. The number of H-pyrrole nitrogens is 1. The molecule has 3 aromatic rings. The Bertz CT molecular complexity index is 1200. The van der Waals surface area contributed by atoms with Crippen molar-refractivity contribution in [3.8, 4) is 17.7 Å². The first-order chi connectivity index (χ1) is 15.5. The number of hydrogen-bond donors (Lipinski definition) is 3. The van der Waals surface area contributed by atoms with Crippen molar-refractivity contribution in [2.24, 2.45) is 5.73 Å². The van der Waals surface area contributed by atoms with E-state index in [0.29, 0.717) is 17.2 Å². The summed E-state index contributed by atoms with van der Waals surface area (Å²) in [5.74, 6) is 0.306. The number of benzene rings is 2. The maximum absolute atomic E-state index is 12.2. The molecule has 32 heavy (non-hydrogen) atoms. The van der Waals surface area contributed by atoms with Crippen LogP contribution in [0.5, 0.6) is 11.6 Å². The summed E-state index contributed by atoms with van der Waals surface area (Å²) in [7, 11) is 0. The largest absolute Gasteiger partial charge is 0.484 e. The quantitative estimate of drug-likeness (QED) is 0.550. The summed E-state index contributed by atoms with van der Waals surface area (Å²) >= 11 is 0. The number of aromatic nitrogens is 2. The molecule has 1 atom stereocenters.